The summed E-state index contributed by atoms with van der Waals surface area (Å²) in [5, 5.41) is 4.51. The Morgan fingerprint density at radius 3 is 3.04 bits per heavy atom. The van der Waals surface area contributed by atoms with Gasteiger partial charge in [-0.05, 0) is 49.1 Å². The number of nitrogens with zero attached hydrogens (tertiary/aromatic N) is 3. The second kappa shape index (κ2) is 6.44. The van der Waals surface area contributed by atoms with E-state index in [1.807, 2.05) is 12.1 Å². The quantitative estimate of drug-likeness (QED) is 0.560. The molecule has 0 unspecified atom stereocenters. The molecule has 28 heavy (non-hydrogen) atoms. The molecule has 5 rings (SSSR count). The van der Waals surface area contributed by atoms with Gasteiger partial charge in [-0.2, -0.15) is 5.10 Å². The SMILES string of the molecule is C[C@H]1C[C@H]1c1ccc(/C=N\NC(=O)c2ccc3c(=O)n4c(nc3c2)CCC4)o1. The maximum Gasteiger partial charge on any atom is 0.271 e. The second-order valence-corrected chi connectivity index (χ2v) is 7.58. The molecule has 1 N–H and O–H groups in total. The molecule has 1 amide bonds. The van der Waals surface area contributed by atoms with Crippen LogP contribution in [-0.4, -0.2) is 21.7 Å². The van der Waals surface area contributed by atoms with Crippen molar-refractivity contribution in [3.8, 4) is 0 Å². The molecule has 2 aliphatic rings. The highest BCUT2D eigenvalue weighted by atomic mass is 16.3. The molecule has 2 aromatic heterocycles. The average molecular weight is 376 g/mol. The Hall–Kier alpha value is -3.22. The Labute approximate surface area is 161 Å². The third kappa shape index (κ3) is 2.93. The van der Waals surface area contributed by atoms with Crippen LogP contribution in [0.5, 0.6) is 0 Å². The first kappa shape index (κ1) is 16.9. The van der Waals surface area contributed by atoms with Crippen molar-refractivity contribution in [2.45, 2.75) is 38.6 Å². The smallest absolute Gasteiger partial charge is 0.271 e. The van der Waals surface area contributed by atoms with Crippen LogP contribution in [-0.2, 0) is 13.0 Å². The third-order valence-corrected chi connectivity index (χ3v) is 5.56. The Bertz CT molecular complexity index is 1170. The van der Waals surface area contributed by atoms with Crippen LogP contribution in [0.3, 0.4) is 0 Å². The van der Waals surface area contributed by atoms with Crippen molar-refractivity contribution in [3.63, 3.8) is 0 Å². The number of hydrogen-bond acceptors (Lipinski definition) is 5. The summed E-state index contributed by atoms with van der Waals surface area (Å²) in [7, 11) is 0. The molecule has 0 spiro atoms. The fourth-order valence-corrected chi connectivity index (χ4v) is 3.80. The number of carbonyl (C=O) groups is 1. The molecule has 2 atom stereocenters. The fourth-order valence-electron chi connectivity index (χ4n) is 3.80. The zero-order valence-electron chi connectivity index (χ0n) is 15.5. The van der Waals surface area contributed by atoms with Gasteiger partial charge in [-0.25, -0.2) is 10.4 Å². The van der Waals surface area contributed by atoms with E-state index in [0.29, 0.717) is 40.6 Å². The lowest BCUT2D eigenvalue weighted by molar-refractivity contribution is 0.0955. The van der Waals surface area contributed by atoms with Crippen molar-refractivity contribution in [2.24, 2.45) is 11.0 Å². The summed E-state index contributed by atoms with van der Waals surface area (Å²) < 4.78 is 7.45. The Kier molecular flexibility index (Phi) is 3.89. The fraction of sp³-hybridized carbons (Fsp3) is 0.333. The van der Waals surface area contributed by atoms with Gasteiger partial charge in [0.1, 0.15) is 17.3 Å². The number of furan rings is 1. The van der Waals surface area contributed by atoms with Crippen LogP contribution in [0.25, 0.3) is 10.9 Å². The van der Waals surface area contributed by atoms with Gasteiger partial charge in [-0.15, -0.1) is 0 Å². The number of carbonyl (C=O) groups excluding carboxylic acids is 1. The minimum Gasteiger partial charge on any atom is -0.460 e. The number of hydrazone groups is 1. The van der Waals surface area contributed by atoms with Crippen LogP contribution >= 0.6 is 0 Å². The van der Waals surface area contributed by atoms with Crippen LogP contribution in [0.4, 0.5) is 0 Å². The van der Waals surface area contributed by atoms with Gasteiger partial charge in [0.25, 0.3) is 11.5 Å². The van der Waals surface area contributed by atoms with Gasteiger partial charge in [0, 0.05) is 24.4 Å². The van der Waals surface area contributed by atoms with Crippen LogP contribution in [0.15, 0.2) is 44.6 Å². The van der Waals surface area contributed by atoms with Crippen LogP contribution in [0.1, 0.15) is 53.4 Å². The topological polar surface area (TPSA) is 89.5 Å². The number of hydrogen-bond donors (Lipinski definition) is 1. The van der Waals surface area contributed by atoms with Gasteiger partial charge < -0.3 is 4.42 Å². The molecule has 1 saturated carbocycles. The number of amides is 1. The van der Waals surface area contributed by atoms with Gasteiger partial charge in [-0.1, -0.05) is 6.92 Å². The molecule has 1 aliphatic carbocycles. The molecule has 0 radical (unpaired) electrons. The maximum absolute atomic E-state index is 12.5. The van der Waals surface area contributed by atoms with Crippen molar-refractivity contribution in [2.75, 3.05) is 0 Å². The van der Waals surface area contributed by atoms with Crippen molar-refractivity contribution in [3.05, 3.63) is 63.6 Å². The molecule has 0 saturated heterocycles. The van der Waals surface area contributed by atoms with Crippen molar-refractivity contribution < 1.29 is 9.21 Å². The van der Waals surface area contributed by atoms with Gasteiger partial charge in [-0.3, -0.25) is 14.2 Å². The zero-order valence-corrected chi connectivity index (χ0v) is 15.5. The number of rotatable bonds is 4. The van der Waals surface area contributed by atoms with E-state index in [0.717, 1.165) is 30.8 Å². The normalized spacial score (nSPS) is 20.6. The van der Waals surface area contributed by atoms with Gasteiger partial charge in [0.2, 0.25) is 0 Å². The molecule has 0 bridgehead atoms. The van der Waals surface area contributed by atoms with Crippen LogP contribution in [0.2, 0.25) is 0 Å². The minimum atomic E-state index is -0.358. The summed E-state index contributed by atoms with van der Waals surface area (Å²) in [5.74, 6) is 3.19. The summed E-state index contributed by atoms with van der Waals surface area (Å²) in [4.78, 5) is 29.4. The summed E-state index contributed by atoms with van der Waals surface area (Å²) >= 11 is 0. The Balaban J connectivity index is 1.32. The van der Waals surface area contributed by atoms with E-state index in [9.17, 15) is 9.59 Å². The lowest BCUT2D eigenvalue weighted by Gasteiger charge is -2.06. The minimum absolute atomic E-state index is 0.0407. The van der Waals surface area contributed by atoms with Gasteiger partial charge in [0.15, 0.2) is 0 Å². The van der Waals surface area contributed by atoms with Crippen LogP contribution < -0.4 is 11.0 Å². The number of nitrogens with one attached hydrogen (secondary N) is 1. The number of aromatic nitrogens is 2. The summed E-state index contributed by atoms with van der Waals surface area (Å²) in [5.41, 5.74) is 3.41. The Morgan fingerprint density at radius 2 is 2.21 bits per heavy atom. The molecule has 7 heteroatoms. The maximum atomic E-state index is 12.5. The monoisotopic (exact) mass is 376 g/mol. The largest absolute Gasteiger partial charge is 0.460 e. The van der Waals surface area contributed by atoms with Gasteiger partial charge in [0.05, 0.1) is 17.1 Å². The summed E-state index contributed by atoms with van der Waals surface area (Å²) in [6, 6.07) is 8.73. The van der Waals surface area contributed by atoms with Crippen molar-refractivity contribution in [1.82, 2.24) is 15.0 Å². The van der Waals surface area contributed by atoms with E-state index < -0.39 is 0 Å². The summed E-state index contributed by atoms with van der Waals surface area (Å²) in [6.07, 6.45) is 4.36. The van der Waals surface area contributed by atoms with Gasteiger partial charge >= 0.3 is 0 Å². The molecule has 1 aliphatic heterocycles. The molecule has 142 valence electrons. The van der Waals surface area contributed by atoms with E-state index in [1.165, 1.54) is 6.21 Å². The predicted octanol–water partition coefficient (Wildman–Crippen LogP) is 2.82. The molecule has 1 fully saturated rings. The first-order valence-electron chi connectivity index (χ1n) is 9.57. The lowest BCUT2D eigenvalue weighted by Crippen LogP contribution is -2.22. The third-order valence-electron chi connectivity index (χ3n) is 5.56. The number of benzene rings is 1. The highest BCUT2D eigenvalue weighted by Gasteiger charge is 2.36. The average Bonchev–Trinajstić information content (AvgIpc) is 3.09. The highest BCUT2D eigenvalue weighted by Crippen LogP contribution is 2.47. The van der Waals surface area contributed by atoms with E-state index >= 15 is 0 Å². The predicted molar refractivity (Wildman–Crippen MR) is 105 cm³/mol. The van der Waals surface area contributed by atoms with E-state index in [1.54, 1.807) is 22.8 Å². The zero-order chi connectivity index (χ0) is 19.3. The summed E-state index contributed by atoms with van der Waals surface area (Å²) in [6.45, 7) is 2.91. The standard InChI is InChI=1S/C21H20N4O3/c1-12-9-16(12)18-7-5-14(28-18)11-22-24-20(26)13-4-6-15-17(10-13)23-19-3-2-8-25(19)21(15)27/h4-7,10-12,16H,2-3,8-9H2,1H3,(H,24,26)/b22-11-/t12-,16+/m0/s1. The van der Waals surface area contributed by atoms with E-state index in [4.69, 9.17) is 4.42 Å². The van der Waals surface area contributed by atoms with E-state index in [-0.39, 0.29) is 11.5 Å². The number of fused-ring (bicyclic) bond motifs is 2. The molecule has 1 aromatic carbocycles. The Morgan fingerprint density at radius 1 is 1.36 bits per heavy atom. The first-order valence-corrected chi connectivity index (χ1v) is 9.57. The second-order valence-electron chi connectivity index (χ2n) is 7.58. The molecular formula is C21H20N4O3. The van der Waals surface area contributed by atoms with Crippen molar-refractivity contribution >= 4 is 23.0 Å². The molecular weight excluding hydrogens is 356 g/mol. The number of aryl methyl sites for hydroxylation is 1. The molecule has 3 aromatic rings. The van der Waals surface area contributed by atoms with Crippen molar-refractivity contribution in [1.29, 1.82) is 0 Å². The highest BCUT2D eigenvalue weighted by molar-refractivity contribution is 5.98. The van der Waals surface area contributed by atoms with Crippen LogP contribution in [0, 0.1) is 5.92 Å². The molecule has 7 nitrogen and oxygen atoms in total. The molecule has 3 heterocycles. The lowest BCUT2D eigenvalue weighted by atomic mass is 10.1. The van der Waals surface area contributed by atoms with E-state index in [2.05, 4.69) is 22.4 Å². The first-order chi connectivity index (χ1) is 13.6.